The third-order valence-electron chi connectivity index (χ3n) is 2.60. The zero-order chi connectivity index (χ0) is 14.2. The summed E-state index contributed by atoms with van der Waals surface area (Å²) in [5, 5.41) is 4.05. The number of alkyl halides is 2. The van der Waals surface area contributed by atoms with E-state index in [4.69, 9.17) is 4.74 Å². The topological polar surface area (TPSA) is 47.4 Å². The molecule has 1 aliphatic heterocycles. The number of fused-ring (bicyclic) bond motifs is 1. The Balaban J connectivity index is 1.98. The number of halogens is 2. The molecular formula is C12H17F2N3O2. The number of amides is 1. The first-order valence-electron chi connectivity index (χ1n) is 6.06. The van der Waals surface area contributed by atoms with Gasteiger partial charge in [-0.15, -0.1) is 0 Å². The maximum Gasteiger partial charge on any atom is 0.410 e. The average molecular weight is 273 g/mol. The van der Waals surface area contributed by atoms with Gasteiger partial charge in [-0.05, 0) is 20.8 Å². The van der Waals surface area contributed by atoms with E-state index in [9.17, 15) is 13.6 Å². The van der Waals surface area contributed by atoms with Crippen LogP contribution < -0.4 is 0 Å². The Morgan fingerprint density at radius 1 is 1.47 bits per heavy atom. The van der Waals surface area contributed by atoms with Gasteiger partial charge in [-0.1, -0.05) is 0 Å². The van der Waals surface area contributed by atoms with Crippen LogP contribution in [0.25, 0.3) is 0 Å². The largest absolute Gasteiger partial charge is 0.444 e. The minimum atomic E-state index is -2.43. The molecule has 1 aromatic rings. The second-order valence-electron chi connectivity index (χ2n) is 5.55. The first-order valence-corrected chi connectivity index (χ1v) is 6.06. The number of aromatic nitrogens is 2. The molecule has 1 aliphatic rings. The van der Waals surface area contributed by atoms with E-state index in [1.165, 1.54) is 9.58 Å². The number of rotatable bonds is 2. The Labute approximate surface area is 110 Å². The van der Waals surface area contributed by atoms with Gasteiger partial charge in [0.15, 0.2) is 0 Å². The molecule has 0 aromatic carbocycles. The smallest absolute Gasteiger partial charge is 0.410 e. The number of ether oxygens (including phenoxy) is 1. The van der Waals surface area contributed by atoms with Crippen molar-refractivity contribution in [3.05, 3.63) is 17.5 Å². The first-order chi connectivity index (χ1) is 8.74. The summed E-state index contributed by atoms with van der Waals surface area (Å²) in [5.41, 5.74) is 0.908. The van der Waals surface area contributed by atoms with Crippen molar-refractivity contribution in [2.45, 2.75) is 52.4 Å². The second-order valence-corrected chi connectivity index (χ2v) is 5.55. The fourth-order valence-electron chi connectivity index (χ4n) is 1.90. The van der Waals surface area contributed by atoms with Crippen molar-refractivity contribution in [2.75, 3.05) is 0 Å². The lowest BCUT2D eigenvalue weighted by atomic mass is 10.2. The molecule has 0 saturated heterocycles. The van der Waals surface area contributed by atoms with E-state index in [-0.39, 0.29) is 0 Å². The number of hydrogen-bond donors (Lipinski definition) is 0. The predicted octanol–water partition coefficient (Wildman–Crippen LogP) is 2.40. The SMILES string of the molecule is CC(C)(C)OC(=O)N1Cc2cn(CC(F)F)nc2C1. The fraction of sp³-hybridized carbons (Fsp3) is 0.667. The van der Waals surface area contributed by atoms with Crippen molar-refractivity contribution in [3.8, 4) is 0 Å². The van der Waals surface area contributed by atoms with Crippen LogP contribution in [0.3, 0.4) is 0 Å². The number of carbonyl (C=O) groups excluding carboxylic acids is 1. The standard InChI is InChI=1S/C12H17F2N3O2/c1-12(2,3)19-11(18)16-4-8-5-17(7-10(13)14)15-9(8)6-16/h5,10H,4,6-7H2,1-3H3. The summed E-state index contributed by atoms with van der Waals surface area (Å²) in [6.07, 6.45) is -1.28. The Kier molecular flexibility index (Phi) is 3.47. The Morgan fingerprint density at radius 2 is 2.16 bits per heavy atom. The molecule has 0 N–H and O–H groups in total. The molecule has 1 amide bonds. The lowest BCUT2D eigenvalue weighted by Gasteiger charge is -2.24. The predicted molar refractivity (Wildman–Crippen MR) is 63.7 cm³/mol. The highest BCUT2D eigenvalue weighted by molar-refractivity contribution is 5.69. The average Bonchev–Trinajstić information content (AvgIpc) is 2.70. The van der Waals surface area contributed by atoms with Crippen LogP contribution >= 0.6 is 0 Å². The van der Waals surface area contributed by atoms with Crippen LogP contribution in [0, 0.1) is 0 Å². The summed E-state index contributed by atoms with van der Waals surface area (Å²) in [4.78, 5) is 13.3. The molecular weight excluding hydrogens is 256 g/mol. The lowest BCUT2D eigenvalue weighted by molar-refractivity contribution is 0.0238. The van der Waals surface area contributed by atoms with Crippen LogP contribution in [0.4, 0.5) is 13.6 Å². The highest BCUT2D eigenvalue weighted by Gasteiger charge is 2.30. The van der Waals surface area contributed by atoms with Gasteiger partial charge >= 0.3 is 6.09 Å². The summed E-state index contributed by atoms with van der Waals surface area (Å²) in [5.74, 6) is 0. The van der Waals surface area contributed by atoms with Gasteiger partial charge in [0.1, 0.15) is 12.1 Å². The minimum absolute atomic E-state index is 0.306. The molecule has 0 fully saturated rings. The van der Waals surface area contributed by atoms with Gasteiger partial charge in [0.05, 0.1) is 18.8 Å². The van der Waals surface area contributed by atoms with Gasteiger partial charge in [0.2, 0.25) is 0 Å². The van der Waals surface area contributed by atoms with Crippen LogP contribution in [0.2, 0.25) is 0 Å². The summed E-state index contributed by atoms with van der Waals surface area (Å²) < 4.78 is 30.9. The lowest BCUT2D eigenvalue weighted by Crippen LogP contribution is -2.33. The van der Waals surface area contributed by atoms with Crippen LogP contribution in [0.1, 0.15) is 32.0 Å². The molecule has 2 heterocycles. The molecule has 0 radical (unpaired) electrons. The molecule has 0 atom stereocenters. The highest BCUT2D eigenvalue weighted by Crippen LogP contribution is 2.23. The maximum atomic E-state index is 12.2. The fourth-order valence-corrected chi connectivity index (χ4v) is 1.90. The van der Waals surface area contributed by atoms with E-state index in [0.29, 0.717) is 18.8 Å². The third kappa shape index (κ3) is 3.42. The molecule has 0 saturated carbocycles. The molecule has 2 rings (SSSR count). The molecule has 1 aromatic heterocycles. The van der Waals surface area contributed by atoms with Crippen LogP contribution in [0.15, 0.2) is 6.20 Å². The maximum absolute atomic E-state index is 12.2. The van der Waals surface area contributed by atoms with Crippen molar-refractivity contribution in [2.24, 2.45) is 0 Å². The monoisotopic (exact) mass is 273 g/mol. The van der Waals surface area contributed by atoms with Crippen LogP contribution in [-0.4, -0.2) is 32.8 Å². The number of carbonyl (C=O) groups is 1. The van der Waals surface area contributed by atoms with Gasteiger partial charge in [-0.2, -0.15) is 5.10 Å². The molecule has 106 valence electrons. The molecule has 7 heteroatoms. The Morgan fingerprint density at radius 3 is 2.68 bits per heavy atom. The molecule has 19 heavy (non-hydrogen) atoms. The van der Waals surface area contributed by atoms with E-state index in [2.05, 4.69) is 5.10 Å². The summed E-state index contributed by atoms with van der Waals surface area (Å²) in [6, 6.07) is 0. The summed E-state index contributed by atoms with van der Waals surface area (Å²) >= 11 is 0. The molecule has 0 unspecified atom stereocenters. The van der Waals surface area contributed by atoms with E-state index >= 15 is 0 Å². The normalized spacial score (nSPS) is 14.9. The Hall–Kier alpha value is -1.66. The van der Waals surface area contributed by atoms with Crippen molar-refractivity contribution in [1.29, 1.82) is 0 Å². The number of nitrogens with zero attached hydrogens (tertiary/aromatic N) is 3. The van der Waals surface area contributed by atoms with E-state index in [1.807, 2.05) is 0 Å². The molecule has 5 nitrogen and oxygen atoms in total. The molecule has 0 bridgehead atoms. The highest BCUT2D eigenvalue weighted by atomic mass is 19.3. The van der Waals surface area contributed by atoms with E-state index in [1.54, 1.807) is 27.0 Å². The van der Waals surface area contributed by atoms with Gasteiger partial charge < -0.3 is 4.74 Å². The van der Waals surface area contributed by atoms with E-state index in [0.717, 1.165) is 5.56 Å². The Bertz CT molecular complexity index is 456. The first kappa shape index (κ1) is 13.8. The van der Waals surface area contributed by atoms with Gasteiger partial charge in [-0.25, -0.2) is 13.6 Å². The zero-order valence-corrected chi connectivity index (χ0v) is 11.2. The molecule has 0 spiro atoms. The summed E-state index contributed by atoms with van der Waals surface area (Å²) in [6.45, 7) is 5.63. The van der Waals surface area contributed by atoms with Crippen LogP contribution in [0.5, 0.6) is 0 Å². The van der Waals surface area contributed by atoms with Gasteiger partial charge in [0.25, 0.3) is 6.43 Å². The zero-order valence-electron chi connectivity index (χ0n) is 11.2. The summed E-state index contributed by atoms with van der Waals surface area (Å²) in [7, 11) is 0. The molecule has 0 aliphatic carbocycles. The van der Waals surface area contributed by atoms with Gasteiger partial charge in [0, 0.05) is 11.8 Å². The van der Waals surface area contributed by atoms with Crippen molar-refractivity contribution in [1.82, 2.24) is 14.7 Å². The van der Waals surface area contributed by atoms with Crippen molar-refractivity contribution < 1.29 is 18.3 Å². The van der Waals surface area contributed by atoms with Crippen molar-refractivity contribution in [3.63, 3.8) is 0 Å². The van der Waals surface area contributed by atoms with Crippen LogP contribution in [-0.2, 0) is 24.4 Å². The second kappa shape index (κ2) is 4.79. The van der Waals surface area contributed by atoms with Crippen molar-refractivity contribution >= 4 is 6.09 Å². The third-order valence-corrected chi connectivity index (χ3v) is 2.60. The quantitative estimate of drug-likeness (QED) is 0.831. The minimum Gasteiger partial charge on any atom is -0.444 e. The van der Waals surface area contributed by atoms with Gasteiger partial charge in [-0.3, -0.25) is 9.58 Å². The number of hydrogen-bond acceptors (Lipinski definition) is 3. The van der Waals surface area contributed by atoms with E-state index < -0.39 is 24.7 Å².